The molecule has 2 unspecified atom stereocenters. The zero-order valence-electron chi connectivity index (χ0n) is 16.6. The molecule has 0 spiro atoms. The molecule has 5 heteroatoms. The average Bonchev–Trinajstić information content (AvgIpc) is 3.31. The van der Waals surface area contributed by atoms with E-state index in [0.29, 0.717) is 11.8 Å². The van der Waals surface area contributed by atoms with Crippen molar-refractivity contribution in [3.05, 3.63) is 29.8 Å². The molecule has 0 bridgehead atoms. The van der Waals surface area contributed by atoms with Crippen LogP contribution in [0.15, 0.2) is 24.3 Å². The summed E-state index contributed by atoms with van der Waals surface area (Å²) in [6.07, 6.45) is 4.07. The van der Waals surface area contributed by atoms with Gasteiger partial charge in [0, 0.05) is 25.3 Å². The number of hydrogen-bond acceptors (Lipinski definition) is 4. The molecule has 0 aromatic heterocycles. The fourth-order valence-electron chi connectivity index (χ4n) is 4.03. The minimum Gasteiger partial charge on any atom is -0.493 e. The Balaban J connectivity index is 1.53. The molecule has 1 aromatic carbocycles. The van der Waals surface area contributed by atoms with Crippen molar-refractivity contribution >= 4 is 9.84 Å². The number of benzene rings is 1. The van der Waals surface area contributed by atoms with Crippen LogP contribution in [0, 0.1) is 17.8 Å². The van der Waals surface area contributed by atoms with E-state index in [1.54, 1.807) is 0 Å². The lowest BCUT2D eigenvalue weighted by Crippen LogP contribution is -2.24. The molecule has 2 aliphatic rings. The lowest BCUT2D eigenvalue weighted by molar-refractivity contribution is 0.223. The highest BCUT2D eigenvalue weighted by atomic mass is 32.2. The number of hydrogen-bond donors (Lipinski definition) is 0. The lowest BCUT2D eigenvalue weighted by atomic mass is 9.99. The normalized spacial score (nSPS) is 25.6. The Labute approximate surface area is 158 Å². The lowest BCUT2D eigenvalue weighted by Gasteiger charge is -2.18. The Kier molecular flexibility index (Phi) is 5.69. The highest BCUT2D eigenvalue weighted by Gasteiger charge is 2.53. The monoisotopic (exact) mass is 379 g/mol. The first-order valence-electron chi connectivity index (χ1n) is 9.86. The first-order valence-corrected chi connectivity index (χ1v) is 11.8. The number of rotatable bonds is 8. The van der Waals surface area contributed by atoms with Gasteiger partial charge in [-0.2, -0.15) is 0 Å². The zero-order chi connectivity index (χ0) is 18.9. The molecule has 1 saturated carbocycles. The summed E-state index contributed by atoms with van der Waals surface area (Å²) in [4.78, 5) is 2.56. The summed E-state index contributed by atoms with van der Waals surface area (Å²) in [5.41, 5.74) is 0.904. The summed E-state index contributed by atoms with van der Waals surface area (Å²) >= 11 is 0. The molecule has 0 radical (unpaired) electrons. The number of ether oxygens (including phenoxy) is 1. The van der Waals surface area contributed by atoms with E-state index in [0.717, 1.165) is 49.8 Å². The van der Waals surface area contributed by atoms with Crippen LogP contribution in [-0.4, -0.2) is 45.8 Å². The fraction of sp³-hybridized carbons (Fsp3) is 0.714. The molecule has 26 heavy (non-hydrogen) atoms. The van der Waals surface area contributed by atoms with Gasteiger partial charge in [0.1, 0.15) is 5.75 Å². The number of sulfone groups is 1. The van der Waals surface area contributed by atoms with Crippen LogP contribution in [0.4, 0.5) is 0 Å². The Bertz CT molecular complexity index is 707. The maximum atomic E-state index is 12.0. The largest absolute Gasteiger partial charge is 0.493 e. The first-order chi connectivity index (χ1) is 12.2. The van der Waals surface area contributed by atoms with Gasteiger partial charge in [0.15, 0.2) is 9.84 Å². The van der Waals surface area contributed by atoms with Gasteiger partial charge < -0.3 is 9.64 Å². The van der Waals surface area contributed by atoms with E-state index in [4.69, 9.17) is 4.74 Å². The molecule has 1 aliphatic heterocycles. The Morgan fingerprint density at radius 1 is 1.19 bits per heavy atom. The van der Waals surface area contributed by atoms with Crippen molar-refractivity contribution in [3.63, 3.8) is 0 Å². The topological polar surface area (TPSA) is 46.6 Å². The minimum absolute atomic E-state index is 0.563. The van der Waals surface area contributed by atoms with Gasteiger partial charge >= 0.3 is 0 Å². The van der Waals surface area contributed by atoms with Crippen LogP contribution < -0.4 is 4.74 Å². The van der Waals surface area contributed by atoms with Gasteiger partial charge in [-0.15, -0.1) is 0 Å². The quantitative estimate of drug-likeness (QED) is 0.691. The summed E-state index contributed by atoms with van der Waals surface area (Å²) < 4.78 is 29.4. The highest BCUT2D eigenvalue weighted by molar-refractivity contribution is 7.92. The second-order valence-electron chi connectivity index (χ2n) is 8.78. The molecule has 0 amide bonds. The predicted molar refractivity (Wildman–Crippen MR) is 106 cm³/mol. The molecule has 1 aliphatic carbocycles. The van der Waals surface area contributed by atoms with Crippen molar-refractivity contribution in [1.82, 2.24) is 4.90 Å². The molecule has 146 valence electrons. The molecule has 4 nitrogen and oxygen atoms in total. The van der Waals surface area contributed by atoms with E-state index in [2.05, 4.69) is 25.7 Å². The van der Waals surface area contributed by atoms with Crippen LogP contribution in [0.25, 0.3) is 0 Å². The van der Waals surface area contributed by atoms with E-state index in [1.807, 2.05) is 24.3 Å². The van der Waals surface area contributed by atoms with Gasteiger partial charge in [0.05, 0.1) is 11.4 Å². The van der Waals surface area contributed by atoms with Crippen molar-refractivity contribution in [3.8, 4) is 5.75 Å². The molecule has 2 fully saturated rings. The van der Waals surface area contributed by atoms with Crippen LogP contribution in [0.1, 0.15) is 45.6 Å². The summed E-state index contributed by atoms with van der Waals surface area (Å²) in [6, 6.07) is 7.71. The molecule has 1 heterocycles. The maximum Gasteiger partial charge on any atom is 0.157 e. The predicted octanol–water partition coefficient (Wildman–Crippen LogP) is 3.71. The number of nitrogens with zero attached hydrogens (tertiary/aromatic N) is 1. The van der Waals surface area contributed by atoms with Gasteiger partial charge in [-0.1, -0.05) is 32.9 Å². The van der Waals surface area contributed by atoms with Crippen molar-refractivity contribution in [2.75, 3.05) is 32.5 Å². The van der Waals surface area contributed by atoms with Crippen LogP contribution in [0.2, 0.25) is 0 Å². The summed E-state index contributed by atoms with van der Waals surface area (Å²) in [5.74, 6) is 2.81. The molecule has 1 saturated heterocycles. The van der Waals surface area contributed by atoms with Gasteiger partial charge in [-0.3, -0.25) is 0 Å². The van der Waals surface area contributed by atoms with E-state index >= 15 is 0 Å². The summed E-state index contributed by atoms with van der Waals surface area (Å²) in [5, 5.41) is 0. The van der Waals surface area contributed by atoms with E-state index in [-0.39, 0.29) is 0 Å². The Hall–Kier alpha value is -1.07. The molecule has 2 atom stereocenters. The molecular weight excluding hydrogens is 346 g/mol. The third kappa shape index (κ3) is 4.25. The SMILES string of the molecule is CC(C)CCN1CC(C)C(COc2ccc(C3(S(C)(=O)=O)CC3)cc2)C1. The second kappa shape index (κ2) is 7.51. The second-order valence-corrected chi connectivity index (χ2v) is 11.1. The average molecular weight is 380 g/mol. The van der Waals surface area contributed by atoms with Gasteiger partial charge in [-0.05, 0) is 55.3 Å². The van der Waals surface area contributed by atoms with Crippen LogP contribution in [0.3, 0.4) is 0 Å². The first kappa shape index (κ1) is 19.7. The molecular formula is C21H33NO3S. The molecule has 1 aromatic rings. The van der Waals surface area contributed by atoms with E-state index in [9.17, 15) is 8.42 Å². The van der Waals surface area contributed by atoms with Gasteiger partial charge in [0.2, 0.25) is 0 Å². The number of likely N-dealkylation sites (tertiary alicyclic amines) is 1. The van der Waals surface area contributed by atoms with Crippen LogP contribution >= 0.6 is 0 Å². The Morgan fingerprint density at radius 2 is 1.85 bits per heavy atom. The fourth-order valence-corrected chi connectivity index (χ4v) is 5.44. The van der Waals surface area contributed by atoms with Gasteiger partial charge in [-0.25, -0.2) is 8.42 Å². The van der Waals surface area contributed by atoms with Crippen LogP contribution in [-0.2, 0) is 14.6 Å². The summed E-state index contributed by atoms with van der Waals surface area (Å²) in [6.45, 7) is 11.1. The Morgan fingerprint density at radius 3 is 2.38 bits per heavy atom. The smallest absolute Gasteiger partial charge is 0.157 e. The van der Waals surface area contributed by atoms with Crippen molar-refractivity contribution in [2.45, 2.75) is 44.8 Å². The van der Waals surface area contributed by atoms with Gasteiger partial charge in [0.25, 0.3) is 0 Å². The van der Waals surface area contributed by atoms with Crippen molar-refractivity contribution < 1.29 is 13.2 Å². The van der Waals surface area contributed by atoms with E-state index < -0.39 is 14.6 Å². The van der Waals surface area contributed by atoms with Crippen LogP contribution in [0.5, 0.6) is 5.75 Å². The maximum absolute atomic E-state index is 12.0. The highest BCUT2D eigenvalue weighted by Crippen LogP contribution is 2.52. The third-order valence-corrected chi connectivity index (χ3v) is 8.19. The standard InChI is InChI=1S/C21H33NO3S/c1-16(2)9-12-22-13-17(3)18(14-22)15-25-20-7-5-19(6-8-20)21(10-11-21)26(4,23)24/h5-8,16-18H,9-15H2,1-4H3. The summed E-state index contributed by atoms with van der Waals surface area (Å²) in [7, 11) is -3.05. The van der Waals surface area contributed by atoms with E-state index in [1.165, 1.54) is 19.2 Å². The molecule has 3 rings (SSSR count). The molecule has 0 N–H and O–H groups in total. The zero-order valence-corrected chi connectivity index (χ0v) is 17.4. The minimum atomic E-state index is -3.05. The third-order valence-electron chi connectivity index (χ3n) is 6.12. The van der Waals surface area contributed by atoms with Crippen molar-refractivity contribution in [1.29, 1.82) is 0 Å². The van der Waals surface area contributed by atoms with Crippen molar-refractivity contribution in [2.24, 2.45) is 17.8 Å².